The Morgan fingerprint density at radius 2 is 1.52 bits per heavy atom. The third kappa shape index (κ3) is 6.30. The Balaban J connectivity index is 2.70. The lowest BCUT2D eigenvalue weighted by Gasteiger charge is -2.24. The van der Waals surface area contributed by atoms with Crippen LogP contribution in [-0.4, -0.2) is 24.1 Å². The van der Waals surface area contributed by atoms with E-state index in [-0.39, 0.29) is 24.0 Å². The number of ether oxygens (including phenoxy) is 1. The van der Waals surface area contributed by atoms with Gasteiger partial charge >= 0.3 is 6.09 Å². The fourth-order valence-corrected chi connectivity index (χ4v) is 2.15. The Kier molecular flexibility index (Phi) is 7.07. The van der Waals surface area contributed by atoms with E-state index >= 15 is 0 Å². The van der Waals surface area contributed by atoms with E-state index in [2.05, 4.69) is 10.6 Å². The van der Waals surface area contributed by atoms with Gasteiger partial charge in [0.05, 0.1) is 12.1 Å². The highest BCUT2D eigenvalue weighted by molar-refractivity contribution is 5.86. The maximum Gasteiger partial charge on any atom is 0.408 e. The molecule has 0 spiro atoms. The van der Waals surface area contributed by atoms with E-state index in [4.69, 9.17) is 4.74 Å². The molecule has 2 atom stereocenters. The first kappa shape index (κ1) is 19.0. The fraction of sp³-hybridized carbons (Fsp3) is 0.556. The van der Waals surface area contributed by atoms with Crippen LogP contribution < -0.4 is 10.6 Å². The zero-order chi connectivity index (χ0) is 17.6. The molecule has 0 aliphatic carbocycles. The molecule has 1 aromatic rings. The molecular formula is C18H28N2O3. The van der Waals surface area contributed by atoms with Crippen LogP contribution in [0.15, 0.2) is 24.3 Å². The van der Waals surface area contributed by atoms with Crippen LogP contribution in [0, 0.1) is 12.8 Å². The summed E-state index contributed by atoms with van der Waals surface area (Å²) in [5.74, 6) is -0.256. The van der Waals surface area contributed by atoms with Crippen LogP contribution in [0.4, 0.5) is 4.79 Å². The summed E-state index contributed by atoms with van der Waals surface area (Å²) in [5, 5.41) is 5.59. The zero-order valence-corrected chi connectivity index (χ0v) is 14.8. The van der Waals surface area contributed by atoms with E-state index in [1.54, 1.807) is 13.8 Å². The molecule has 0 saturated carbocycles. The number of hydrogen-bond acceptors (Lipinski definition) is 3. The normalized spacial score (nSPS) is 13.6. The molecule has 128 valence electrons. The van der Waals surface area contributed by atoms with Crippen molar-refractivity contribution in [1.82, 2.24) is 10.6 Å². The van der Waals surface area contributed by atoms with Crippen molar-refractivity contribution >= 4 is 12.0 Å². The SMILES string of the molecule is Cc1ccc([C@@H](C)NC(=O)[C@H](NC(=O)OC(C)C)C(C)C)cc1. The van der Waals surface area contributed by atoms with Crippen LogP contribution in [-0.2, 0) is 9.53 Å². The van der Waals surface area contributed by atoms with Crippen LogP contribution in [0.1, 0.15) is 51.8 Å². The van der Waals surface area contributed by atoms with Crippen LogP contribution in [0.3, 0.4) is 0 Å². The standard InChI is InChI=1S/C18H28N2O3/c1-11(2)16(20-18(22)23-12(3)4)17(21)19-14(6)15-9-7-13(5)8-10-15/h7-12,14,16H,1-6H3,(H,19,21)(H,20,22)/t14-,16-/m1/s1. The number of carbonyl (C=O) groups excluding carboxylic acids is 2. The highest BCUT2D eigenvalue weighted by Gasteiger charge is 2.26. The Labute approximate surface area is 138 Å². The number of carbonyl (C=O) groups is 2. The maximum atomic E-state index is 12.5. The van der Waals surface area contributed by atoms with E-state index in [1.807, 2.05) is 52.0 Å². The molecule has 0 aliphatic rings. The minimum absolute atomic E-state index is 0.0417. The molecule has 0 heterocycles. The number of nitrogens with one attached hydrogen (secondary N) is 2. The van der Waals surface area contributed by atoms with Crippen molar-refractivity contribution in [3.05, 3.63) is 35.4 Å². The van der Waals surface area contributed by atoms with Crippen molar-refractivity contribution in [2.75, 3.05) is 0 Å². The second-order valence-electron chi connectivity index (χ2n) is 6.46. The van der Waals surface area contributed by atoms with Crippen molar-refractivity contribution in [2.45, 2.75) is 59.7 Å². The number of alkyl carbamates (subject to hydrolysis) is 1. The smallest absolute Gasteiger partial charge is 0.408 e. The van der Waals surface area contributed by atoms with Crippen LogP contribution in [0.25, 0.3) is 0 Å². The first-order valence-electron chi connectivity index (χ1n) is 8.04. The Bertz CT molecular complexity index is 524. The highest BCUT2D eigenvalue weighted by atomic mass is 16.6. The number of hydrogen-bond donors (Lipinski definition) is 2. The molecule has 1 rings (SSSR count). The topological polar surface area (TPSA) is 67.4 Å². The molecule has 0 aliphatic heterocycles. The first-order chi connectivity index (χ1) is 10.7. The summed E-state index contributed by atoms with van der Waals surface area (Å²) in [6, 6.07) is 7.24. The number of aryl methyl sites for hydroxylation is 1. The quantitative estimate of drug-likeness (QED) is 0.845. The summed E-state index contributed by atoms with van der Waals surface area (Å²) in [4.78, 5) is 24.2. The fourth-order valence-electron chi connectivity index (χ4n) is 2.15. The zero-order valence-electron chi connectivity index (χ0n) is 14.8. The van der Waals surface area contributed by atoms with Gasteiger partial charge in [0.2, 0.25) is 5.91 Å². The van der Waals surface area contributed by atoms with Gasteiger partial charge in [0.25, 0.3) is 0 Å². The number of rotatable bonds is 6. The van der Waals surface area contributed by atoms with Crippen LogP contribution in [0.2, 0.25) is 0 Å². The van der Waals surface area contributed by atoms with Gasteiger partial charge in [-0.1, -0.05) is 43.7 Å². The van der Waals surface area contributed by atoms with Crippen molar-refractivity contribution in [3.63, 3.8) is 0 Å². The van der Waals surface area contributed by atoms with E-state index in [1.165, 1.54) is 5.56 Å². The minimum Gasteiger partial charge on any atom is -0.447 e. The molecule has 5 nitrogen and oxygen atoms in total. The number of amides is 2. The summed E-state index contributed by atoms with van der Waals surface area (Å²) < 4.78 is 5.05. The molecule has 23 heavy (non-hydrogen) atoms. The van der Waals surface area contributed by atoms with Gasteiger partial charge in [-0.3, -0.25) is 4.79 Å². The van der Waals surface area contributed by atoms with Gasteiger partial charge in [0.15, 0.2) is 0 Å². The Morgan fingerprint density at radius 3 is 2.00 bits per heavy atom. The van der Waals surface area contributed by atoms with Gasteiger partial charge in [-0.05, 0) is 39.2 Å². The van der Waals surface area contributed by atoms with Crippen molar-refractivity contribution in [3.8, 4) is 0 Å². The molecule has 5 heteroatoms. The summed E-state index contributed by atoms with van der Waals surface area (Å²) in [6.45, 7) is 11.2. The van der Waals surface area contributed by atoms with Crippen molar-refractivity contribution in [1.29, 1.82) is 0 Å². The monoisotopic (exact) mass is 320 g/mol. The molecule has 0 radical (unpaired) electrons. The summed E-state index contributed by atoms with van der Waals surface area (Å²) in [7, 11) is 0. The lowest BCUT2D eigenvalue weighted by atomic mass is 10.0. The molecule has 2 N–H and O–H groups in total. The van der Waals surface area contributed by atoms with Gasteiger partial charge < -0.3 is 15.4 Å². The van der Waals surface area contributed by atoms with Gasteiger partial charge in [-0.2, -0.15) is 0 Å². The Morgan fingerprint density at radius 1 is 0.957 bits per heavy atom. The van der Waals surface area contributed by atoms with E-state index in [0.717, 1.165) is 5.56 Å². The third-order valence-electron chi connectivity index (χ3n) is 3.50. The van der Waals surface area contributed by atoms with E-state index in [9.17, 15) is 9.59 Å². The molecule has 0 bridgehead atoms. The lowest BCUT2D eigenvalue weighted by Crippen LogP contribution is -2.50. The molecule has 0 aromatic heterocycles. The van der Waals surface area contributed by atoms with Crippen molar-refractivity contribution < 1.29 is 14.3 Å². The van der Waals surface area contributed by atoms with E-state index in [0.29, 0.717) is 0 Å². The average Bonchev–Trinajstić information content (AvgIpc) is 2.44. The first-order valence-corrected chi connectivity index (χ1v) is 8.04. The average molecular weight is 320 g/mol. The highest BCUT2D eigenvalue weighted by Crippen LogP contribution is 2.14. The van der Waals surface area contributed by atoms with Crippen LogP contribution >= 0.6 is 0 Å². The predicted octanol–water partition coefficient (Wildman–Crippen LogP) is 3.33. The molecule has 0 fully saturated rings. The third-order valence-corrected chi connectivity index (χ3v) is 3.50. The van der Waals surface area contributed by atoms with Gasteiger partial charge in [-0.25, -0.2) is 4.79 Å². The summed E-state index contributed by atoms with van der Waals surface area (Å²) >= 11 is 0. The maximum absolute atomic E-state index is 12.5. The second-order valence-corrected chi connectivity index (χ2v) is 6.46. The second kappa shape index (κ2) is 8.56. The van der Waals surface area contributed by atoms with Gasteiger partial charge in [0.1, 0.15) is 6.04 Å². The minimum atomic E-state index is -0.630. The molecule has 1 aromatic carbocycles. The molecule has 0 unspecified atom stereocenters. The van der Waals surface area contributed by atoms with E-state index < -0.39 is 12.1 Å². The van der Waals surface area contributed by atoms with Crippen LogP contribution in [0.5, 0.6) is 0 Å². The lowest BCUT2D eigenvalue weighted by molar-refractivity contribution is -0.124. The van der Waals surface area contributed by atoms with Gasteiger partial charge in [-0.15, -0.1) is 0 Å². The Hall–Kier alpha value is -2.04. The van der Waals surface area contributed by atoms with Crippen molar-refractivity contribution in [2.24, 2.45) is 5.92 Å². The molecule has 0 saturated heterocycles. The summed E-state index contributed by atoms with van der Waals surface area (Å²) in [6.07, 6.45) is -0.797. The molecule has 2 amide bonds. The van der Waals surface area contributed by atoms with Gasteiger partial charge in [0, 0.05) is 0 Å². The number of benzene rings is 1. The molecular weight excluding hydrogens is 292 g/mol. The predicted molar refractivity (Wildman–Crippen MR) is 91.1 cm³/mol. The largest absolute Gasteiger partial charge is 0.447 e. The summed E-state index contributed by atoms with van der Waals surface area (Å²) in [5.41, 5.74) is 2.20.